The number of benzene rings is 2. The first kappa shape index (κ1) is 10.8. The van der Waals surface area contributed by atoms with Gasteiger partial charge in [0.2, 0.25) is 5.90 Å². The highest BCUT2D eigenvalue weighted by molar-refractivity contribution is 6.06. The van der Waals surface area contributed by atoms with Crippen molar-refractivity contribution >= 4 is 17.3 Å². The van der Waals surface area contributed by atoms with E-state index in [2.05, 4.69) is 11.6 Å². The van der Waals surface area contributed by atoms with Crippen LogP contribution in [-0.4, -0.2) is 5.90 Å². The molecule has 2 heteroatoms. The van der Waals surface area contributed by atoms with E-state index in [1.165, 1.54) is 5.56 Å². The van der Waals surface area contributed by atoms with E-state index in [-0.39, 0.29) is 0 Å². The average Bonchev–Trinajstić information content (AvgIpc) is 2.67. The van der Waals surface area contributed by atoms with Crippen molar-refractivity contribution in [2.24, 2.45) is 4.99 Å². The zero-order valence-electron chi connectivity index (χ0n) is 10.2. The minimum atomic E-state index is 0.626. The molecule has 0 N–H and O–H groups in total. The Morgan fingerprint density at radius 2 is 1.78 bits per heavy atom. The van der Waals surface area contributed by atoms with E-state index in [4.69, 9.17) is 4.74 Å². The van der Waals surface area contributed by atoms with Gasteiger partial charge in [0.05, 0.1) is 5.69 Å². The molecule has 0 amide bonds. The average molecular weight is 235 g/mol. The molecule has 0 bridgehead atoms. The molecule has 88 valence electrons. The Hall–Kier alpha value is -2.35. The predicted molar refractivity (Wildman–Crippen MR) is 73.9 cm³/mol. The summed E-state index contributed by atoms with van der Waals surface area (Å²) in [4.78, 5) is 4.54. The maximum absolute atomic E-state index is 5.63. The van der Waals surface area contributed by atoms with E-state index < -0.39 is 0 Å². The molecule has 0 aromatic heterocycles. The van der Waals surface area contributed by atoms with Crippen LogP contribution in [0.15, 0.2) is 60.1 Å². The van der Waals surface area contributed by atoms with Crippen molar-refractivity contribution in [2.75, 3.05) is 0 Å². The van der Waals surface area contributed by atoms with Crippen LogP contribution in [0, 0.1) is 6.92 Å². The van der Waals surface area contributed by atoms with Gasteiger partial charge in [-0.1, -0.05) is 36.9 Å². The lowest BCUT2D eigenvalue weighted by molar-refractivity contribution is 0.527. The van der Waals surface area contributed by atoms with Crippen LogP contribution in [0.25, 0.3) is 5.76 Å². The van der Waals surface area contributed by atoms with Crippen LogP contribution in [0.4, 0.5) is 5.69 Å². The van der Waals surface area contributed by atoms with Gasteiger partial charge in [-0.05, 0) is 30.7 Å². The molecule has 0 fully saturated rings. The van der Waals surface area contributed by atoms with E-state index in [1.807, 2.05) is 55.5 Å². The highest BCUT2D eigenvalue weighted by Gasteiger charge is 2.22. The molecule has 1 aliphatic rings. The van der Waals surface area contributed by atoms with Gasteiger partial charge in [0.25, 0.3) is 0 Å². The van der Waals surface area contributed by atoms with Crippen molar-refractivity contribution in [3.8, 4) is 0 Å². The van der Waals surface area contributed by atoms with Crippen molar-refractivity contribution in [2.45, 2.75) is 6.92 Å². The second-order valence-corrected chi connectivity index (χ2v) is 4.33. The minimum Gasteiger partial charge on any atom is -0.438 e. The molecule has 2 nitrogen and oxygen atoms in total. The minimum absolute atomic E-state index is 0.626. The number of aryl methyl sites for hydroxylation is 1. The van der Waals surface area contributed by atoms with Crippen molar-refractivity contribution < 1.29 is 4.74 Å². The first-order valence-electron chi connectivity index (χ1n) is 5.86. The Morgan fingerprint density at radius 3 is 2.56 bits per heavy atom. The van der Waals surface area contributed by atoms with Gasteiger partial charge in [-0.2, -0.15) is 0 Å². The fourth-order valence-corrected chi connectivity index (χ4v) is 2.04. The molecule has 0 aliphatic carbocycles. The van der Waals surface area contributed by atoms with Gasteiger partial charge >= 0.3 is 0 Å². The molecule has 2 aromatic rings. The first-order valence-corrected chi connectivity index (χ1v) is 5.86. The highest BCUT2D eigenvalue weighted by Crippen LogP contribution is 2.30. The molecule has 0 unspecified atom stereocenters. The number of rotatable bonds is 1. The molecule has 1 aliphatic heterocycles. The third-order valence-electron chi connectivity index (χ3n) is 2.91. The summed E-state index contributed by atoms with van der Waals surface area (Å²) >= 11 is 0. The third kappa shape index (κ3) is 1.82. The van der Waals surface area contributed by atoms with E-state index >= 15 is 0 Å². The second-order valence-electron chi connectivity index (χ2n) is 4.33. The summed E-state index contributed by atoms with van der Waals surface area (Å²) in [6, 6.07) is 16.0. The lowest BCUT2D eigenvalue weighted by Crippen LogP contribution is -1.95. The Labute approximate surface area is 106 Å². The Balaban J connectivity index is 2.07. The molecule has 2 aromatic carbocycles. The largest absolute Gasteiger partial charge is 0.438 e. The number of fused-ring (bicyclic) bond motifs is 1. The lowest BCUT2D eigenvalue weighted by atomic mass is 10.1. The fourth-order valence-electron chi connectivity index (χ4n) is 2.04. The number of aliphatic imine (C=N–C) groups is 1. The summed E-state index contributed by atoms with van der Waals surface area (Å²) in [7, 11) is 0. The van der Waals surface area contributed by atoms with Gasteiger partial charge in [0.1, 0.15) is 5.76 Å². The van der Waals surface area contributed by atoms with Gasteiger partial charge < -0.3 is 4.74 Å². The van der Waals surface area contributed by atoms with Gasteiger partial charge in [-0.15, -0.1) is 0 Å². The van der Waals surface area contributed by atoms with Crippen LogP contribution in [0.1, 0.15) is 16.7 Å². The molecular formula is C16H13NO. The predicted octanol–water partition coefficient (Wildman–Crippen LogP) is 4.07. The highest BCUT2D eigenvalue weighted by atomic mass is 16.5. The van der Waals surface area contributed by atoms with Gasteiger partial charge in [0.15, 0.2) is 0 Å². The summed E-state index contributed by atoms with van der Waals surface area (Å²) in [5.74, 6) is 1.29. The summed E-state index contributed by atoms with van der Waals surface area (Å²) in [5.41, 5.74) is 4.10. The normalized spacial score (nSPS) is 15.6. The number of hydrogen-bond acceptors (Lipinski definition) is 2. The number of nitrogens with zero attached hydrogens (tertiary/aromatic N) is 1. The van der Waals surface area contributed by atoms with Crippen molar-refractivity contribution in [3.63, 3.8) is 0 Å². The Morgan fingerprint density at radius 1 is 1.00 bits per heavy atom. The molecule has 3 rings (SSSR count). The summed E-state index contributed by atoms with van der Waals surface area (Å²) < 4.78 is 5.63. The quantitative estimate of drug-likeness (QED) is 0.730. The van der Waals surface area contributed by atoms with Crippen LogP contribution >= 0.6 is 0 Å². The maximum Gasteiger partial charge on any atom is 0.227 e. The summed E-state index contributed by atoms with van der Waals surface area (Å²) in [6.45, 7) is 5.95. The van der Waals surface area contributed by atoms with Crippen LogP contribution in [0.2, 0.25) is 0 Å². The molecule has 0 spiro atoms. The molecule has 1 heterocycles. The van der Waals surface area contributed by atoms with E-state index in [0.29, 0.717) is 11.7 Å². The molecule has 0 saturated heterocycles. The van der Waals surface area contributed by atoms with Crippen molar-refractivity contribution in [3.05, 3.63) is 71.8 Å². The monoisotopic (exact) mass is 235 g/mol. The zero-order valence-corrected chi connectivity index (χ0v) is 10.2. The first-order chi connectivity index (χ1) is 8.74. The number of ether oxygens (including phenoxy) is 1. The van der Waals surface area contributed by atoms with Crippen LogP contribution < -0.4 is 0 Å². The van der Waals surface area contributed by atoms with E-state index in [1.54, 1.807) is 0 Å². The van der Waals surface area contributed by atoms with Crippen LogP contribution in [0.5, 0.6) is 0 Å². The molecule has 0 saturated carbocycles. The Bertz CT molecular complexity index is 656. The molecular weight excluding hydrogens is 222 g/mol. The van der Waals surface area contributed by atoms with Gasteiger partial charge in [-0.25, -0.2) is 4.99 Å². The van der Waals surface area contributed by atoms with E-state index in [9.17, 15) is 0 Å². The summed E-state index contributed by atoms with van der Waals surface area (Å²) in [5, 5.41) is 0. The van der Waals surface area contributed by atoms with Gasteiger partial charge in [0, 0.05) is 11.1 Å². The van der Waals surface area contributed by atoms with Crippen molar-refractivity contribution in [1.82, 2.24) is 0 Å². The number of hydrogen-bond donors (Lipinski definition) is 0. The summed E-state index contributed by atoms with van der Waals surface area (Å²) in [6.07, 6.45) is 0. The molecule has 18 heavy (non-hydrogen) atoms. The second kappa shape index (κ2) is 4.15. The van der Waals surface area contributed by atoms with Crippen molar-refractivity contribution in [1.29, 1.82) is 0 Å². The van der Waals surface area contributed by atoms with Gasteiger partial charge in [-0.3, -0.25) is 0 Å². The Kier molecular flexibility index (Phi) is 2.49. The standard InChI is InChI=1S/C16H13NO/c1-11-6-5-7-13(10-11)17-16-15-9-4-3-8-14(15)12(2)18-16/h3-10H,2H2,1H3/b17-16-. The molecule has 0 atom stereocenters. The topological polar surface area (TPSA) is 21.6 Å². The lowest BCUT2D eigenvalue weighted by Gasteiger charge is -2.00. The smallest absolute Gasteiger partial charge is 0.227 e. The van der Waals surface area contributed by atoms with Crippen LogP contribution in [-0.2, 0) is 4.74 Å². The third-order valence-corrected chi connectivity index (χ3v) is 2.91. The SMILES string of the molecule is C=C1O/C(=N\c2cccc(C)c2)c2ccccc21. The van der Waals surface area contributed by atoms with E-state index in [0.717, 1.165) is 16.8 Å². The molecule has 0 radical (unpaired) electrons. The van der Waals surface area contributed by atoms with Crippen LogP contribution in [0.3, 0.4) is 0 Å². The maximum atomic E-state index is 5.63. The fraction of sp³-hybridized carbons (Fsp3) is 0.0625. The zero-order chi connectivity index (χ0) is 12.5.